The molecular formula is C20H18ClNO3. The molecule has 1 aromatic heterocycles. The molecule has 0 aliphatic rings. The van der Waals surface area contributed by atoms with Crippen LogP contribution in [0.5, 0.6) is 0 Å². The lowest BCUT2D eigenvalue weighted by Gasteiger charge is -2.05. The van der Waals surface area contributed by atoms with Crippen LogP contribution in [0.3, 0.4) is 0 Å². The maximum absolute atomic E-state index is 11.9. The average Bonchev–Trinajstić information content (AvgIpc) is 3.04. The van der Waals surface area contributed by atoms with Crippen LogP contribution in [0.15, 0.2) is 54.7 Å². The molecule has 3 aromatic rings. The zero-order chi connectivity index (χ0) is 17.6. The predicted octanol–water partition coefficient (Wildman–Crippen LogP) is 4.57. The van der Waals surface area contributed by atoms with Crippen molar-refractivity contribution < 1.29 is 14.3 Å². The number of Topliss-reactive ketones (excluding diaryl/α,β-unsaturated/α-hetero) is 1. The summed E-state index contributed by atoms with van der Waals surface area (Å²) in [7, 11) is 0. The number of aromatic amines is 1. The fraction of sp³-hybridized carbons (Fsp3) is 0.200. The average molecular weight is 356 g/mol. The van der Waals surface area contributed by atoms with Gasteiger partial charge in [-0.15, -0.1) is 0 Å². The number of benzene rings is 2. The van der Waals surface area contributed by atoms with E-state index >= 15 is 0 Å². The van der Waals surface area contributed by atoms with Crippen LogP contribution in [0.4, 0.5) is 0 Å². The third-order valence-electron chi connectivity index (χ3n) is 4.03. The summed E-state index contributed by atoms with van der Waals surface area (Å²) in [6, 6.07) is 14.6. The maximum Gasteiger partial charge on any atom is 0.306 e. The molecule has 0 bridgehead atoms. The smallest absolute Gasteiger partial charge is 0.306 e. The van der Waals surface area contributed by atoms with Crippen molar-refractivity contribution in [1.82, 2.24) is 4.98 Å². The molecule has 1 heterocycles. The largest absolute Gasteiger partial charge is 0.457 e. The summed E-state index contributed by atoms with van der Waals surface area (Å²) in [6.45, 7) is -0.243. The van der Waals surface area contributed by atoms with Gasteiger partial charge >= 0.3 is 5.97 Å². The Morgan fingerprint density at radius 2 is 1.80 bits per heavy atom. The number of ether oxygens (including phenoxy) is 1. The van der Waals surface area contributed by atoms with Crippen LogP contribution in [0.2, 0.25) is 5.02 Å². The van der Waals surface area contributed by atoms with Crippen LogP contribution >= 0.6 is 11.6 Å². The minimum atomic E-state index is -0.359. The Morgan fingerprint density at radius 1 is 1.04 bits per heavy atom. The van der Waals surface area contributed by atoms with Gasteiger partial charge < -0.3 is 9.72 Å². The molecule has 1 N–H and O–H groups in total. The van der Waals surface area contributed by atoms with Crippen molar-refractivity contribution in [2.45, 2.75) is 19.3 Å². The Hall–Kier alpha value is -2.59. The number of hydrogen-bond donors (Lipinski definition) is 1. The Bertz CT molecular complexity index is 883. The molecule has 0 aliphatic heterocycles. The monoisotopic (exact) mass is 355 g/mol. The third kappa shape index (κ3) is 4.48. The molecule has 0 radical (unpaired) electrons. The molecule has 0 saturated heterocycles. The quantitative estimate of drug-likeness (QED) is 0.499. The summed E-state index contributed by atoms with van der Waals surface area (Å²) < 4.78 is 5.07. The highest BCUT2D eigenvalue weighted by Gasteiger charge is 2.10. The van der Waals surface area contributed by atoms with Crippen molar-refractivity contribution in [3.05, 3.63) is 70.9 Å². The van der Waals surface area contributed by atoms with Crippen LogP contribution < -0.4 is 0 Å². The van der Waals surface area contributed by atoms with E-state index < -0.39 is 0 Å². The summed E-state index contributed by atoms with van der Waals surface area (Å²) in [4.78, 5) is 27.0. The number of fused-ring (bicyclic) bond motifs is 1. The zero-order valence-electron chi connectivity index (χ0n) is 13.6. The topological polar surface area (TPSA) is 59.2 Å². The Kier molecular flexibility index (Phi) is 5.51. The van der Waals surface area contributed by atoms with Crippen molar-refractivity contribution in [1.29, 1.82) is 0 Å². The lowest BCUT2D eigenvalue weighted by Crippen LogP contribution is -2.14. The lowest BCUT2D eigenvalue weighted by atomic mass is 10.1. The minimum absolute atomic E-state index is 0.235. The van der Waals surface area contributed by atoms with E-state index in [1.807, 2.05) is 24.4 Å². The van der Waals surface area contributed by atoms with E-state index in [9.17, 15) is 9.59 Å². The second kappa shape index (κ2) is 7.99. The van der Waals surface area contributed by atoms with Crippen LogP contribution in [0.25, 0.3) is 10.9 Å². The van der Waals surface area contributed by atoms with Crippen LogP contribution in [0.1, 0.15) is 28.8 Å². The molecule has 0 saturated carbocycles. The summed E-state index contributed by atoms with van der Waals surface area (Å²) in [5, 5.41) is 1.74. The lowest BCUT2D eigenvalue weighted by molar-refractivity contribution is -0.142. The first kappa shape index (κ1) is 17.2. The first-order valence-electron chi connectivity index (χ1n) is 8.13. The number of nitrogens with one attached hydrogen (secondary N) is 1. The highest BCUT2D eigenvalue weighted by atomic mass is 35.5. The molecule has 128 valence electrons. The number of esters is 1. The number of aromatic nitrogens is 1. The van der Waals surface area contributed by atoms with Gasteiger partial charge in [-0.25, -0.2) is 0 Å². The van der Waals surface area contributed by atoms with E-state index in [4.69, 9.17) is 16.3 Å². The summed E-state index contributed by atoms with van der Waals surface area (Å²) in [5.41, 5.74) is 2.75. The highest BCUT2D eigenvalue weighted by Crippen LogP contribution is 2.19. The van der Waals surface area contributed by atoms with Gasteiger partial charge in [0.2, 0.25) is 0 Å². The van der Waals surface area contributed by atoms with Crippen molar-refractivity contribution in [2.75, 3.05) is 6.61 Å². The van der Waals surface area contributed by atoms with Crippen molar-refractivity contribution in [2.24, 2.45) is 0 Å². The van der Waals surface area contributed by atoms with Crippen molar-refractivity contribution in [3.8, 4) is 0 Å². The molecule has 0 aliphatic carbocycles. The molecule has 2 aromatic carbocycles. The molecule has 0 fully saturated rings. The molecule has 0 spiro atoms. The molecule has 0 amide bonds. The molecule has 4 nitrogen and oxygen atoms in total. The molecule has 0 atom stereocenters. The molecule has 0 unspecified atom stereocenters. The number of para-hydroxylation sites is 1. The first-order valence-corrected chi connectivity index (χ1v) is 8.50. The van der Waals surface area contributed by atoms with E-state index in [-0.39, 0.29) is 24.8 Å². The normalized spacial score (nSPS) is 10.8. The molecular weight excluding hydrogens is 338 g/mol. The Labute approximate surface area is 150 Å². The highest BCUT2D eigenvalue weighted by molar-refractivity contribution is 6.30. The standard InChI is InChI=1S/C20H18ClNO3/c21-16-10-8-14(9-11-16)19(23)13-25-20(24)7-3-4-15-12-22-18-6-2-1-5-17(15)18/h1-2,5-6,8-12,22H,3-4,7,13H2. The second-order valence-electron chi connectivity index (χ2n) is 5.80. The van der Waals surface area contributed by atoms with E-state index in [0.717, 1.165) is 11.9 Å². The maximum atomic E-state index is 11.9. The second-order valence-corrected chi connectivity index (χ2v) is 6.24. The van der Waals surface area contributed by atoms with Gasteiger partial charge in [-0.3, -0.25) is 9.59 Å². The number of halogens is 1. The van der Waals surface area contributed by atoms with Gasteiger partial charge in [-0.05, 0) is 48.7 Å². The predicted molar refractivity (Wildman–Crippen MR) is 98.0 cm³/mol. The number of carbonyl (C=O) groups excluding carboxylic acids is 2. The first-order chi connectivity index (χ1) is 12.1. The van der Waals surface area contributed by atoms with E-state index in [0.29, 0.717) is 17.0 Å². The molecule has 5 heteroatoms. The summed E-state index contributed by atoms with van der Waals surface area (Å²) in [6.07, 6.45) is 3.72. The summed E-state index contributed by atoms with van der Waals surface area (Å²) in [5.74, 6) is -0.594. The summed E-state index contributed by atoms with van der Waals surface area (Å²) >= 11 is 5.78. The van der Waals surface area contributed by atoms with Crippen molar-refractivity contribution >= 4 is 34.3 Å². The van der Waals surface area contributed by atoms with E-state index in [1.165, 1.54) is 10.9 Å². The van der Waals surface area contributed by atoms with Crippen LogP contribution in [-0.2, 0) is 16.0 Å². The van der Waals surface area contributed by atoms with Crippen molar-refractivity contribution in [3.63, 3.8) is 0 Å². The molecule has 3 rings (SSSR count). The van der Waals surface area contributed by atoms with Gasteiger partial charge in [0.15, 0.2) is 12.4 Å². The van der Waals surface area contributed by atoms with E-state index in [1.54, 1.807) is 24.3 Å². The van der Waals surface area contributed by atoms with Crippen LogP contribution in [-0.4, -0.2) is 23.3 Å². The fourth-order valence-electron chi connectivity index (χ4n) is 2.70. The van der Waals surface area contributed by atoms with Gasteiger partial charge in [-0.2, -0.15) is 0 Å². The van der Waals surface area contributed by atoms with Gasteiger partial charge in [-0.1, -0.05) is 29.8 Å². The Balaban J connectivity index is 1.44. The SMILES string of the molecule is O=C(CCCc1c[nH]c2ccccc12)OCC(=O)c1ccc(Cl)cc1. The van der Waals surface area contributed by atoms with Gasteiger partial charge in [0.25, 0.3) is 0 Å². The number of H-pyrrole nitrogens is 1. The number of hydrogen-bond acceptors (Lipinski definition) is 3. The number of ketones is 1. The Morgan fingerprint density at radius 3 is 2.60 bits per heavy atom. The van der Waals surface area contributed by atoms with Crippen LogP contribution in [0, 0.1) is 0 Å². The van der Waals surface area contributed by atoms with Gasteiger partial charge in [0, 0.05) is 34.1 Å². The third-order valence-corrected chi connectivity index (χ3v) is 4.28. The van der Waals surface area contributed by atoms with Gasteiger partial charge in [0.05, 0.1) is 0 Å². The minimum Gasteiger partial charge on any atom is -0.457 e. The van der Waals surface area contributed by atoms with Gasteiger partial charge in [0.1, 0.15) is 0 Å². The number of carbonyl (C=O) groups is 2. The number of rotatable bonds is 7. The molecule has 25 heavy (non-hydrogen) atoms. The zero-order valence-corrected chi connectivity index (χ0v) is 14.4. The number of aryl methyl sites for hydroxylation is 1. The van der Waals surface area contributed by atoms with E-state index in [2.05, 4.69) is 11.1 Å². The fourth-order valence-corrected chi connectivity index (χ4v) is 2.82.